The van der Waals surface area contributed by atoms with Crippen LogP contribution in [0.5, 0.6) is 0 Å². The summed E-state index contributed by atoms with van der Waals surface area (Å²) in [5.74, 6) is 0.0803. The number of nitrogens with two attached hydrogens (primary N) is 1. The third-order valence-electron chi connectivity index (χ3n) is 0.764. The van der Waals surface area contributed by atoms with Gasteiger partial charge in [-0.3, -0.25) is 0 Å². The maximum atomic E-state index is 9.78. The van der Waals surface area contributed by atoms with Crippen molar-refractivity contribution in [3.63, 3.8) is 0 Å². The largest absolute Gasteiger partial charge is 0.391 e. The molecule has 0 atom stereocenters. The van der Waals surface area contributed by atoms with E-state index in [1.165, 1.54) is 0 Å². The fraction of sp³-hybridized carbons (Fsp3) is 0. The summed E-state index contributed by atoms with van der Waals surface area (Å²) < 4.78 is 0. The predicted octanol–water partition coefficient (Wildman–Crippen LogP) is -1.81. The van der Waals surface area contributed by atoms with Gasteiger partial charge in [0.25, 0.3) is 0 Å². The molecule has 0 aromatic heterocycles. The van der Waals surface area contributed by atoms with Gasteiger partial charge in [-0.2, -0.15) is 0 Å². The summed E-state index contributed by atoms with van der Waals surface area (Å²) in [6, 6.07) is 0. The van der Waals surface area contributed by atoms with Gasteiger partial charge in [0.2, 0.25) is 0 Å². The molecule has 67 valence electrons. The molecule has 1 radical (unpaired) electrons. The molecule has 8 nitrogen and oxygen atoms in total. The van der Waals surface area contributed by atoms with Gasteiger partial charge in [-0.05, 0) is 11.1 Å². The zero-order chi connectivity index (χ0) is 7.56. The Labute approximate surface area is 71.8 Å². The summed E-state index contributed by atoms with van der Waals surface area (Å²) in [4.78, 5) is 14.2. The molecule has 11 heavy (non-hydrogen) atoms. The maximum absolute atomic E-state index is 9.78. The maximum Gasteiger partial charge on any atom is 0.182 e. The summed E-state index contributed by atoms with van der Waals surface area (Å²) in [6.45, 7) is 0. The van der Waals surface area contributed by atoms with Crippen LogP contribution >= 0.6 is 0 Å². The second-order valence-electron chi connectivity index (χ2n) is 1.44. The molecule has 1 rings (SSSR count). The quantitative estimate of drug-likeness (QED) is 0.280. The average Bonchev–Trinajstić information content (AvgIpc) is 2.15. The topological polar surface area (TPSA) is 106 Å². The number of hydrazine groups is 3. The van der Waals surface area contributed by atoms with Crippen LogP contribution in [-0.4, -0.2) is 10.2 Å². The summed E-state index contributed by atoms with van der Waals surface area (Å²) in [6.07, 6.45) is 1.12. The molecule has 0 spiro atoms. The van der Waals surface area contributed by atoms with Gasteiger partial charge in [0.1, 0.15) is 0 Å². The molecule has 0 aromatic rings. The minimum atomic E-state index is -0.775. The van der Waals surface area contributed by atoms with Crippen molar-refractivity contribution >= 4 is 0 Å². The number of nitro groups is 1. The summed E-state index contributed by atoms with van der Waals surface area (Å²) in [5, 5.41) is 9.82. The second kappa shape index (κ2) is 3.86. The first-order valence-electron chi connectivity index (χ1n) is 2.28. The van der Waals surface area contributed by atoms with E-state index in [2.05, 4.69) is 10.4 Å². The van der Waals surface area contributed by atoms with E-state index < -0.39 is 5.03 Å². The second-order valence-corrected chi connectivity index (χ2v) is 1.44. The van der Waals surface area contributed by atoms with Crippen molar-refractivity contribution in [2.75, 3.05) is 0 Å². The molecule has 4 N–H and O–H groups in total. The molecule has 0 aliphatic carbocycles. The van der Waals surface area contributed by atoms with Gasteiger partial charge in [0.05, 0.1) is 0 Å². The van der Waals surface area contributed by atoms with E-state index in [1.54, 1.807) is 5.53 Å². The van der Waals surface area contributed by atoms with Crippen molar-refractivity contribution < 1.29 is 26.9 Å². The molecular formula is C2H5CuN5O3. The Hall–Kier alpha value is -1.18. The molecule has 0 saturated heterocycles. The van der Waals surface area contributed by atoms with Crippen molar-refractivity contribution in [3.8, 4) is 0 Å². The van der Waals surface area contributed by atoms with Crippen LogP contribution in [0.15, 0.2) is 12.1 Å². The smallest absolute Gasteiger partial charge is 0.182 e. The molecule has 1 aliphatic rings. The zero-order valence-electron chi connectivity index (χ0n) is 5.08. The Morgan fingerprint density at radius 2 is 2.55 bits per heavy atom. The zero-order valence-corrected chi connectivity index (χ0v) is 6.02. The van der Waals surface area contributed by atoms with Gasteiger partial charge in [-0.1, -0.05) is 0 Å². The van der Waals surface area contributed by atoms with Crippen LogP contribution < -0.4 is 16.9 Å². The van der Waals surface area contributed by atoms with Gasteiger partial charge >= 0.3 is 0 Å². The number of hydrogen-bond acceptors (Lipinski definition) is 6. The van der Waals surface area contributed by atoms with Crippen LogP contribution in [0.25, 0.3) is 0 Å². The van der Waals surface area contributed by atoms with Crippen LogP contribution in [-0.2, 0) is 21.9 Å². The summed E-state index contributed by atoms with van der Waals surface area (Å²) in [7, 11) is 0. The minimum Gasteiger partial charge on any atom is -0.391 e. The van der Waals surface area contributed by atoms with Crippen molar-refractivity contribution in [2.24, 2.45) is 5.73 Å². The van der Waals surface area contributed by atoms with E-state index in [9.17, 15) is 10.1 Å². The fourth-order valence-electron chi connectivity index (χ4n) is 0.405. The van der Waals surface area contributed by atoms with E-state index in [-0.39, 0.29) is 22.9 Å². The number of nitrogens with zero attached hydrogens (tertiary/aromatic N) is 2. The predicted molar refractivity (Wildman–Crippen MR) is 28.5 cm³/mol. The van der Waals surface area contributed by atoms with Crippen LogP contribution in [0.2, 0.25) is 0 Å². The van der Waals surface area contributed by atoms with E-state index in [0.717, 1.165) is 11.4 Å². The Balaban J connectivity index is 0.000001000. The van der Waals surface area contributed by atoms with E-state index in [1.807, 2.05) is 0 Å². The van der Waals surface area contributed by atoms with Gasteiger partial charge in [-0.25, -0.2) is 10.1 Å². The van der Waals surface area contributed by atoms with Crippen LogP contribution in [0.1, 0.15) is 0 Å². The Kier molecular flexibility index (Phi) is 3.45. The first-order valence-corrected chi connectivity index (χ1v) is 2.28. The van der Waals surface area contributed by atoms with E-state index in [0.29, 0.717) is 0 Å². The Bertz CT molecular complexity index is 183. The van der Waals surface area contributed by atoms with Crippen LogP contribution in [0.4, 0.5) is 0 Å². The SMILES string of the molecule is NC1=CONN1N[N+](=O)[O-].[Cu]. The minimum absolute atomic E-state index is 0. The van der Waals surface area contributed by atoms with Crippen LogP contribution in [0, 0.1) is 10.1 Å². The van der Waals surface area contributed by atoms with Crippen molar-refractivity contribution in [1.29, 1.82) is 0 Å². The van der Waals surface area contributed by atoms with E-state index in [4.69, 9.17) is 5.73 Å². The average molecular weight is 211 g/mol. The Morgan fingerprint density at radius 3 is 2.91 bits per heavy atom. The molecule has 0 fully saturated rings. The van der Waals surface area contributed by atoms with Crippen molar-refractivity contribution in [2.45, 2.75) is 0 Å². The molecule has 9 heteroatoms. The molecule has 0 saturated carbocycles. The Morgan fingerprint density at radius 1 is 1.91 bits per heavy atom. The molecule has 1 aliphatic heterocycles. The summed E-state index contributed by atoms with van der Waals surface area (Å²) >= 11 is 0. The third-order valence-corrected chi connectivity index (χ3v) is 0.764. The normalized spacial score (nSPS) is 14.5. The molecular weight excluding hydrogens is 206 g/mol. The van der Waals surface area contributed by atoms with Crippen LogP contribution in [0.3, 0.4) is 0 Å². The molecule has 0 bridgehead atoms. The molecule has 0 unspecified atom stereocenters. The standard InChI is InChI=1S/C2H5N5O3.Cu/c3-2-1-10-5-6(2)4-7(8)9;/h1,4-5H,3H2;. The summed E-state index contributed by atoms with van der Waals surface area (Å²) in [5.41, 5.74) is 8.98. The molecule has 0 aromatic carbocycles. The number of rotatable bonds is 2. The van der Waals surface area contributed by atoms with Gasteiger partial charge in [0.15, 0.2) is 17.1 Å². The molecule has 0 amide bonds. The van der Waals surface area contributed by atoms with Crippen molar-refractivity contribution in [1.82, 2.24) is 16.2 Å². The fourth-order valence-corrected chi connectivity index (χ4v) is 0.405. The first-order chi connectivity index (χ1) is 4.70. The molecule has 1 heterocycles. The van der Waals surface area contributed by atoms with Gasteiger partial charge in [-0.15, -0.1) is 5.12 Å². The first kappa shape index (κ1) is 9.82. The third kappa shape index (κ3) is 2.50. The van der Waals surface area contributed by atoms with E-state index >= 15 is 0 Å². The monoisotopic (exact) mass is 210 g/mol. The number of hydrogen-bond donors (Lipinski definition) is 3. The number of nitrogens with one attached hydrogen (secondary N) is 2. The van der Waals surface area contributed by atoms with Gasteiger partial charge in [0, 0.05) is 17.1 Å². The van der Waals surface area contributed by atoms with Crippen molar-refractivity contribution in [3.05, 3.63) is 22.2 Å². The van der Waals surface area contributed by atoms with Gasteiger partial charge < -0.3 is 10.6 Å².